The number of aliphatic hydroxyl groups is 2. The Labute approximate surface area is 121 Å². The van der Waals surface area contributed by atoms with E-state index < -0.39 is 6.10 Å². The van der Waals surface area contributed by atoms with Gasteiger partial charge in [-0.15, -0.1) is 0 Å². The molecule has 0 aliphatic carbocycles. The van der Waals surface area contributed by atoms with Gasteiger partial charge in [-0.3, -0.25) is 0 Å². The van der Waals surface area contributed by atoms with Gasteiger partial charge in [0.1, 0.15) is 0 Å². The molecule has 0 saturated carbocycles. The average molecular weight is 282 g/mol. The number of hydrogen-bond acceptors (Lipinski definition) is 4. The van der Waals surface area contributed by atoms with Crippen LogP contribution in [-0.4, -0.2) is 41.4 Å². The first-order valence-corrected chi connectivity index (χ1v) is 7.12. The smallest absolute Gasteiger partial charge is 0.177 e. The van der Waals surface area contributed by atoms with Gasteiger partial charge in [0.15, 0.2) is 6.29 Å². The van der Waals surface area contributed by atoms with E-state index in [-0.39, 0.29) is 25.1 Å². The summed E-state index contributed by atoms with van der Waals surface area (Å²) < 4.78 is 11.4. The Kier molecular flexibility index (Phi) is 7.77. The van der Waals surface area contributed by atoms with Gasteiger partial charge in [0, 0.05) is 0 Å². The minimum atomic E-state index is -0.684. The zero-order valence-corrected chi connectivity index (χ0v) is 12.5. The van der Waals surface area contributed by atoms with Crippen molar-refractivity contribution in [3.8, 4) is 0 Å². The first kappa shape index (κ1) is 17.1. The molecule has 1 heterocycles. The lowest BCUT2D eigenvalue weighted by Gasteiger charge is -2.25. The normalized spacial score (nSPS) is 25.6. The monoisotopic (exact) mass is 282 g/mol. The van der Waals surface area contributed by atoms with Crippen LogP contribution in [0.15, 0.2) is 36.0 Å². The highest BCUT2D eigenvalue weighted by molar-refractivity contribution is 5.18. The van der Waals surface area contributed by atoms with Gasteiger partial charge in [-0.2, -0.15) is 0 Å². The van der Waals surface area contributed by atoms with Crippen molar-refractivity contribution in [3.05, 3.63) is 36.0 Å². The maximum atomic E-state index is 9.27. The van der Waals surface area contributed by atoms with Gasteiger partial charge in [-0.05, 0) is 39.7 Å². The summed E-state index contributed by atoms with van der Waals surface area (Å²) in [4.78, 5) is 0. The molecule has 0 aromatic heterocycles. The van der Waals surface area contributed by atoms with Crippen molar-refractivity contribution >= 4 is 0 Å². The Bertz CT molecular complexity index is 357. The van der Waals surface area contributed by atoms with Crippen LogP contribution in [0.1, 0.15) is 33.6 Å². The van der Waals surface area contributed by atoms with Crippen molar-refractivity contribution in [3.63, 3.8) is 0 Å². The molecule has 0 fully saturated rings. The summed E-state index contributed by atoms with van der Waals surface area (Å²) in [5.41, 5.74) is 1.04. The largest absolute Gasteiger partial charge is 0.394 e. The Morgan fingerprint density at radius 1 is 1.50 bits per heavy atom. The molecule has 0 aromatic carbocycles. The van der Waals surface area contributed by atoms with Gasteiger partial charge in [0.25, 0.3) is 0 Å². The molecule has 4 heteroatoms. The van der Waals surface area contributed by atoms with Crippen LogP contribution in [0, 0.1) is 0 Å². The van der Waals surface area contributed by atoms with E-state index in [0.29, 0.717) is 6.42 Å². The summed E-state index contributed by atoms with van der Waals surface area (Å²) in [5, 5.41) is 18.0. The molecule has 0 spiro atoms. The van der Waals surface area contributed by atoms with Crippen LogP contribution in [0.3, 0.4) is 0 Å². The molecule has 0 bridgehead atoms. The third-order valence-electron chi connectivity index (χ3n) is 2.87. The minimum Gasteiger partial charge on any atom is -0.394 e. The lowest BCUT2D eigenvalue weighted by Crippen LogP contribution is -2.27. The summed E-state index contributed by atoms with van der Waals surface area (Å²) in [5.74, 6) is 0. The number of rotatable bonds is 7. The van der Waals surface area contributed by atoms with Crippen LogP contribution in [0.2, 0.25) is 0 Å². The molecular formula is C16H26O4. The van der Waals surface area contributed by atoms with Crippen molar-refractivity contribution in [1.29, 1.82) is 0 Å². The number of ether oxygens (including phenoxy) is 2. The summed E-state index contributed by atoms with van der Waals surface area (Å²) in [6.45, 7) is 5.71. The molecule has 0 unspecified atom stereocenters. The Morgan fingerprint density at radius 2 is 2.25 bits per heavy atom. The standard InChI is InChI=1S/C16H26O4/c1-12(2)19-16-6-4-5-15(20-16)10-8-13(3)7-9-14(18)11-17/h4,6-8,10,12,14-18H,5,9,11H2,1-3H3/b10-8+,13-7+/t14-,15-,16-/m1/s1. The van der Waals surface area contributed by atoms with Crippen molar-refractivity contribution in [1.82, 2.24) is 0 Å². The maximum Gasteiger partial charge on any atom is 0.177 e. The van der Waals surface area contributed by atoms with Gasteiger partial charge < -0.3 is 19.7 Å². The van der Waals surface area contributed by atoms with Gasteiger partial charge in [-0.1, -0.05) is 29.9 Å². The van der Waals surface area contributed by atoms with E-state index in [1.54, 1.807) is 0 Å². The Balaban J connectivity index is 2.43. The third kappa shape index (κ3) is 7.01. The van der Waals surface area contributed by atoms with E-state index in [2.05, 4.69) is 6.08 Å². The fourth-order valence-electron chi connectivity index (χ4n) is 1.79. The molecule has 1 aliphatic heterocycles. The van der Waals surface area contributed by atoms with Crippen LogP contribution in [0.4, 0.5) is 0 Å². The minimum absolute atomic E-state index is 0.00913. The zero-order valence-electron chi connectivity index (χ0n) is 12.5. The Hall–Kier alpha value is -0.940. The second-order valence-corrected chi connectivity index (χ2v) is 5.27. The van der Waals surface area contributed by atoms with Crippen LogP contribution < -0.4 is 0 Å². The molecule has 4 nitrogen and oxygen atoms in total. The quantitative estimate of drug-likeness (QED) is 0.556. The molecule has 1 rings (SSSR count). The summed E-state index contributed by atoms with van der Waals surface area (Å²) in [7, 11) is 0. The second-order valence-electron chi connectivity index (χ2n) is 5.27. The number of aliphatic hydroxyl groups excluding tert-OH is 2. The number of allylic oxidation sites excluding steroid dienone is 2. The molecular weight excluding hydrogens is 256 g/mol. The highest BCUT2D eigenvalue weighted by Crippen LogP contribution is 2.16. The second kappa shape index (κ2) is 9.08. The average Bonchev–Trinajstić information content (AvgIpc) is 2.42. The van der Waals surface area contributed by atoms with E-state index in [1.807, 2.05) is 45.1 Å². The Morgan fingerprint density at radius 3 is 2.90 bits per heavy atom. The molecule has 3 atom stereocenters. The maximum absolute atomic E-state index is 9.27. The number of hydrogen-bond donors (Lipinski definition) is 2. The van der Waals surface area contributed by atoms with E-state index in [4.69, 9.17) is 14.6 Å². The first-order chi connectivity index (χ1) is 9.51. The zero-order chi connectivity index (χ0) is 15.0. The first-order valence-electron chi connectivity index (χ1n) is 7.12. The van der Waals surface area contributed by atoms with Gasteiger partial charge in [-0.25, -0.2) is 0 Å². The predicted molar refractivity (Wildman–Crippen MR) is 79.2 cm³/mol. The molecule has 0 amide bonds. The highest BCUT2D eigenvalue weighted by atomic mass is 16.7. The lowest BCUT2D eigenvalue weighted by atomic mass is 10.1. The van der Waals surface area contributed by atoms with Crippen molar-refractivity contribution < 1.29 is 19.7 Å². The molecule has 114 valence electrons. The van der Waals surface area contributed by atoms with E-state index in [9.17, 15) is 5.11 Å². The van der Waals surface area contributed by atoms with Crippen molar-refractivity contribution in [2.75, 3.05) is 6.61 Å². The van der Waals surface area contributed by atoms with Crippen LogP contribution in [0.25, 0.3) is 0 Å². The van der Waals surface area contributed by atoms with Crippen LogP contribution in [-0.2, 0) is 9.47 Å². The summed E-state index contributed by atoms with van der Waals surface area (Å²) in [6.07, 6.45) is 10.3. The fraction of sp³-hybridized carbons (Fsp3) is 0.625. The topological polar surface area (TPSA) is 58.9 Å². The van der Waals surface area contributed by atoms with Gasteiger partial charge in [0.05, 0.1) is 24.9 Å². The highest BCUT2D eigenvalue weighted by Gasteiger charge is 2.17. The molecule has 0 radical (unpaired) electrons. The van der Waals surface area contributed by atoms with Gasteiger partial charge >= 0.3 is 0 Å². The van der Waals surface area contributed by atoms with Crippen LogP contribution >= 0.6 is 0 Å². The molecule has 20 heavy (non-hydrogen) atoms. The van der Waals surface area contributed by atoms with Crippen LogP contribution in [0.5, 0.6) is 0 Å². The SMILES string of the molecule is CC(/C=C/[C@H]1CC=C[C@H](OC(C)C)O1)=C\C[C@@H](O)CO. The van der Waals surface area contributed by atoms with Gasteiger partial charge in [0.2, 0.25) is 0 Å². The fourth-order valence-corrected chi connectivity index (χ4v) is 1.79. The predicted octanol–water partition coefficient (Wildman–Crippen LogP) is 2.33. The van der Waals surface area contributed by atoms with Crippen molar-refractivity contribution in [2.45, 2.75) is 58.2 Å². The van der Waals surface area contributed by atoms with E-state index >= 15 is 0 Å². The third-order valence-corrected chi connectivity index (χ3v) is 2.87. The molecule has 0 saturated heterocycles. The summed E-state index contributed by atoms with van der Waals surface area (Å²) >= 11 is 0. The van der Waals surface area contributed by atoms with E-state index in [0.717, 1.165) is 12.0 Å². The van der Waals surface area contributed by atoms with Crippen molar-refractivity contribution in [2.24, 2.45) is 0 Å². The summed E-state index contributed by atoms with van der Waals surface area (Å²) in [6, 6.07) is 0. The molecule has 2 N–H and O–H groups in total. The molecule has 0 aromatic rings. The lowest BCUT2D eigenvalue weighted by molar-refractivity contribution is -0.154. The van der Waals surface area contributed by atoms with E-state index in [1.165, 1.54) is 0 Å². The molecule has 1 aliphatic rings.